The summed E-state index contributed by atoms with van der Waals surface area (Å²) < 4.78 is 0. The molecular weight excluding hydrogens is 422 g/mol. The van der Waals surface area contributed by atoms with Crippen LogP contribution in [0.1, 0.15) is 22.3 Å². The van der Waals surface area contributed by atoms with Crippen molar-refractivity contribution in [2.75, 3.05) is 18.4 Å². The Hall–Kier alpha value is -3.31. The van der Waals surface area contributed by atoms with E-state index in [1.807, 2.05) is 65.6 Å². The topological polar surface area (TPSA) is 61.4 Å². The number of carbonyl (C=O) groups is 2. The van der Waals surface area contributed by atoms with Crippen LogP contribution in [0.3, 0.4) is 0 Å². The van der Waals surface area contributed by atoms with E-state index >= 15 is 0 Å². The van der Waals surface area contributed by atoms with Crippen LogP contribution in [-0.4, -0.2) is 41.9 Å². The van der Waals surface area contributed by atoms with Crippen LogP contribution in [0.25, 0.3) is 0 Å². The first-order chi connectivity index (χ1) is 15.6. The first-order valence-electron chi connectivity index (χ1n) is 10.8. The number of amides is 2. The van der Waals surface area contributed by atoms with Gasteiger partial charge in [0.15, 0.2) is 0 Å². The Morgan fingerprint density at radius 2 is 1.59 bits per heavy atom. The van der Waals surface area contributed by atoms with E-state index in [4.69, 9.17) is 11.6 Å². The minimum Gasteiger partial charge on any atom is -0.380 e. The maximum Gasteiger partial charge on any atom is 0.251 e. The Labute approximate surface area is 193 Å². The molecule has 0 bridgehead atoms. The summed E-state index contributed by atoms with van der Waals surface area (Å²) in [6, 6.07) is 26.0. The number of likely N-dealkylation sites (tertiary alicyclic amines) is 1. The highest BCUT2D eigenvalue weighted by atomic mass is 35.5. The zero-order valence-corrected chi connectivity index (χ0v) is 18.5. The first kappa shape index (κ1) is 21.9. The molecule has 6 heteroatoms. The third-order valence-corrected chi connectivity index (χ3v) is 5.89. The molecule has 0 saturated carbocycles. The second kappa shape index (κ2) is 10.3. The van der Waals surface area contributed by atoms with Gasteiger partial charge in [-0.05, 0) is 48.4 Å². The molecule has 0 radical (unpaired) electrons. The average Bonchev–Trinajstić information content (AvgIpc) is 3.28. The van der Waals surface area contributed by atoms with Crippen LogP contribution in [0.2, 0.25) is 5.02 Å². The molecule has 1 saturated heterocycles. The van der Waals surface area contributed by atoms with Crippen molar-refractivity contribution in [2.45, 2.75) is 24.9 Å². The maximum atomic E-state index is 13.4. The van der Waals surface area contributed by atoms with Crippen molar-refractivity contribution in [3.05, 3.63) is 101 Å². The Morgan fingerprint density at radius 1 is 0.938 bits per heavy atom. The number of nitrogens with one attached hydrogen (secondary N) is 2. The van der Waals surface area contributed by atoms with Gasteiger partial charge in [-0.15, -0.1) is 0 Å². The van der Waals surface area contributed by atoms with Gasteiger partial charge in [0.2, 0.25) is 5.91 Å². The van der Waals surface area contributed by atoms with Crippen LogP contribution in [0, 0.1) is 0 Å². The summed E-state index contributed by atoms with van der Waals surface area (Å²) in [5.41, 5.74) is 2.52. The largest absolute Gasteiger partial charge is 0.380 e. The van der Waals surface area contributed by atoms with Gasteiger partial charge >= 0.3 is 0 Å². The first-order valence-corrected chi connectivity index (χ1v) is 11.2. The molecule has 1 aliphatic rings. The number of hydrogen-bond donors (Lipinski definition) is 2. The predicted molar refractivity (Wildman–Crippen MR) is 128 cm³/mol. The van der Waals surface area contributed by atoms with E-state index in [0.29, 0.717) is 30.1 Å². The number of hydrogen-bond acceptors (Lipinski definition) is 3. The lowest BCUT2D eigenvalue weighted by molar-refractivity contribution is -0.132. The number of anilines is 1. The van der Waals surface area contributed by atoms with Gasteiger partial charge in [0.05, 0.1) is 0 Å². The smallest absolute Gasteiger partial charge is 0.251 e. The molecule has 32 heavy (non-hydrogen) atoms. The molecule has 1 fully saturated rings. The maximum absolute atomic E-state index is 13.4. The molecule has 0 aromatic heterocycles. The van der Waals surface area contributed by atoms with Crippen molar-refractivity contribution >= 4 is 29.1 Å². The minimum absolute atomic E-state index is 0.0615. The van der Waals surface area contributed by atoms with Gasteiger partial charge in [-0.1, -0.05) is 60.1 Å². The van der Waals surface area contributed by atoms with Gasteiger partial charge < -0.3 is 15.5 Å². The van der Waals surface area contributed by atoms with Crippen molar-refractivity contribution in [1.82, 2.24) is 10.2 Å². The minimum atomic E-state index is -0.643. The quantitative estimate of drug-likeness (QED) is 0.564. The molecule has 2 unspecified atom stereocenters. The van der Waals surface area contributed by atoms with Gasteiger partial charge in [-0.3, -0.25) is 9.59 Å². The van der Waals surface area contributed by atoms with Crippen molar-refractivity contribution in [3.63, 3.8) is 0 Å². The number of halogens is 1. The highest BCUT2D eigenvalue weighted by Gasteiger charge is 2.32. The summed E-state index contributed by atoms with van der Waals surface area (Å²) in [5, 5.41) is 7.00. The lowest BCUT2D eigenvalue weighted by Crippen LogP contribution is -2.49. The summed E-state index contributed by atoms with van der Waals surface area (Å²) in [5.74, 6) is -0.345. The van der Waals surface area contributed by atoms with Crippen molar-refractivity contribution in [2.24, 2.45) is 0 Å². The van der Waals surface area contributed by atoms with E-state index in [1.54, 1.807) is 24.3 Å². The molecule has 3 aromatic carbocycles. The van der Waals surface area contributed by atoms with E-state index in [0.717, 1.165) is 17.7 Å². The summed E-state index contributed by atoms with van der Waals surface area (Å²) in [7, 11) is 0. The number of para-hydroxylation sites is 1. The van der Waals surface area contributed by atoms with Crippen LogP contribution in [0.4, 0.5) is 5.69 Å². The highest BCUT2D eigenvalue weighted by Crippen LogP contribution is 2.18. The average molecular weight is 448 g/mol. The molecule has 5 nitrogen and oxygen atoms in total. The Morgan fingerprint density at radius 3 is 2.28 bits per heavy atom. The molecule has 1 aliphatic heterocycles. The van der Waals surface area contributed by atoms with Gasteiger partial charge in [-0.2, -0.15) is 0 Å². The number of nitrogens with zero attached hydrogens (tertiary/aromatic N) is 1. The Kier molecular flexibility index (Phi) is 7.07. The van der Waals surface area contributed by atoms with Gasteiger partial charge in [0, 0.05) is 41.8 Å². The standard InChI is InChI=1S/C26H26ClN3O2/c27-21-13-11-20(12-14-21)25(31)29-24(17-19-7-3-1-4-8-19)26(32)30-16-15-23(18-30)28-22-9-5-2-6-10-22/h1-14,23-24,28H,15-18H2,(H,29,31). The Balaban J connectivity index is 1.45. The predicted octanol–water partition coefficient (Wildman–Crippen LogP) is 4.39. The second-order valence-electron chi connectivity index (χ2n) is 8.00. The van der Waals surface area contributed by atoms with E-state index < -0.39 is 6.04 Å². The van der Waals surface area contributed by atoms with Crippen LogP contribution in [0.5, 0.6) is 0 Å². The molecule has 164 valence electrons. The number of carbonyl (C=O) groups excluding carboxylic acids is 2. The molecule has 0 aliphatic carbocycles. The van der Waals surface area contributed by atoms with Crippen LogP contribution in [-0.2, 0) is 11.2 Å². The van der Waals surface area contributed by atoms with E-state index in [1.165, 1.54) is 0 Å². The molecule has 0 spiro atoms. The van der Waals surface area contributed by atoms with Crippen molar-refractivity contribution < 1.29 is 9.59 Å². The fourth-order valence-electron chi connectivity index (χ4n) is 3.96. The summed E-state index contributed by atoms with van der Waals surface area (Å²) >= 11 is 5.94. The number of rotatable bonds is 7. The monoisotopic (exact) mass is 447 g/mol. The molecule has 1 heterocycles. The van der Waals surface area contributed by atoms with Crippen LogP contribution < -0.4 is 10.6 Å². The summed E-state index contributed by atoms with van der Waals surface area (Å²) in [4.78, 5) is 28.1. The SMILES string of the molecule is O=C(NC(Cc1ccccc1)C(=O)N1CCC(Nc2ccccc2)C1)c1ccc(Cl)cc1. The zero-order chi connectivity index (χ0) is 22.3. The van der Waals surface area contributed by atoms with E-state index in [2.05, 4.69) is 10.6 Å². The third-order valence-electron chi connectivity index (χ3n) is 5.64. The molecule has 4 rings (SSSR count). The van der Waals surface area contributed by atoms with Crippen molar-refractivity contribution in [1.29, 1.82) is 0 Å². The van der Waals surface area contributed by atoms with Gasteiger partial charge in [0.25, 0.3) is 5.91 Å². The lowest BCUT2D eigenvalue weighted by atomic mass is 10.0. The number of benzene rings is 3. The third kappa shape index (κ3) is 5.68. The molecule has 3 aromatic rings. The fraction of sp³-hybridized carbons (Fsp3) is 0.231. The van der Waals surface area contributed by atoms with Crippen LogP contribution in [0.15, 0.2) is 84.9 Å². The van der Waals surface area contributed by atoms with Crippen LogP contribution >= 0.6 is 11.6 Å². The fourth-order valence-corrected chi connectivity index (χ4v) is 4.09. The molecule has 2 amide bonds. The highest BCUT2D eigenvalue weighted by molar-refractivity contribution is 6.30. The molecule has 2 atom stereocenters. The lowest BCUT2D eigenvalue weighted by Gasteiger charge is -2.25. The normalized spacial score (nSPS) is 16.4. The summed E-state index contributed by atoms with van der Waals surface area (Å²) in [6.07, 6.45) is 1.30. The van der Waals surface area contributed by atoms with Crippen molar-refractivity contribution in [3.8, 4) is 0 Å². The van der Waals surface area contributed by atoms with E-state index in [-0.39, 0.29) is 17.9 Å². The second-order valence-corrected chi connectivity index (χ2v) is 8.44. The molecule has 2 N–H and O–H groups in total. The van der Waals surface area contributed by atoms with Gasteiger partial charge in [-0.25, -0.2) is 0 Å². The Bertz CT molecular complexity index is 1040. The summed E-state index contributed by atoms with van der Waals surface area (Å²) in [6.45, 7) is 1.27. The van der Waals surface area contributed by atoms with E-state index in [9.17, 15) is 9.59 Å². The molecular formula is C26H26ClN3O2. The zero-order valence-electron chi connectivity index (χ0n) is 17.7. The van der Waals surface area contributed by atoms with Gasteiger partial charge in [0.1, 0.15) is 6.04 Å².